The summed E-state index contributed by atoms with van der Waals surface area (Å²) in [6.45, 7) is 1.68. The van der Waals surface area contributed by atoms with Crippen molar-refractivity contribution in [2.24, 2.45) is 0 Å². The Morgan fingerprint density at radius 2 is 2.18 bits per heavy atom. The molecule has 0 saturated heterocycles. The zero-order chi connectivity index (χ0) is 12.6. The van der Waals surface area contributed by atoms with Crippen molar-refractivity contribution in [3.8, 4) is 5.75 Å². The molecule has 17 heavy (non-hydrogen) atoms. The van der Waals surface area contributed by atoms with Crippen molar-refractivity contribution in [3.63, 3.8) is 0 Å². The third-order valence-corrected chi connectivity index (χ3v) is 3.53. The Balaban J connectivity index is 2.51. The van der Waals surface area contributed by atoms with Crippen LogP contribution in [0.3, 0.4) is 0 Å². The average molecular weight is 237 g/mol. The Kier molecular flexibility index (Phi) is 2.79. The van der Waals surface area contributed by atoms with E-state index in [1.807, 2.05) is 0 Å². The summed E-state index contributed by atoms with van der Waals surface area (Å²) >= 11 is 0. The molecule has 1 N–H and O–H groups in total. The van der Waals surface area contributed by atoms with Gasteiger partial charge in [0.15, 0.2) is 0 Å². The lowest BCUT2D eigenvalue weighted by atomic mass is 9.89. The molecule has 5 heteroatoms. The third-order valence-electron chi connectivity index (χ3n) is 3.53. The van der Waals surface area contributed by atoms with Gasteiger partial charge in [0.2, 0.25) is 0 Å². The number of hydrogen-bond acceptors (Lipinski definition) is 4. The van der Waals surface area contributed by atoms with Crippen molar-refractivity contribution < 1.29 is 14.8 Å². The highest BCUT2D eigenvalue weighted by Gasteiger charge is 2.51. The molecule has 0 aromatic heterocycles. The number of hydrogen-bond donors (Lipinski definition) is 1. The summed E-state index contributed by atoms with van der Waals surface area (Å²) in [4.78, 5) is 10.6. The zero-order valence-corrected chi connectivity index (χ0v) is 9.84. The first kappa shape index (κ1) is 11.9. The van der Waals surface area contributed by atoms with E-state index in [1.165, 1.54) is 13.2 Å². The summed E-state index contributed by atoms with van der Waals surface area (Å²) in [6.07, 6.45) is 1.00. The minimum Gasteiger partial charge on any atom is -0.497 e. The molecular formula is C12H15NO4. The molecule has 92 valence electrons. The van der Waals surface area contributed by atoms with Crippen LogP contribution in [0.1, 0.15) is 25.3 Å². The molecule has 0 amide bonds. The van der Waals surface area contributed by atoms with Crippen LogP contribution in [0.2, 0.25) is 0 Å². The van der Waals surface area contributed by atoms with Gasteiger partial charge in [-0.25, -0.2) is 0 Å². The summed E-state index contributed by atoms with van der Waals surface area (Å²) in [5.74, 6) is 0.460. The van der Waals surface area contributed by atoms with Crippen molar-refractivity contribution in [2.45, 2.75) is 31.3 Å². The maximum atomic E-state index is 11.1. The van der Waals surface area contributed by atoms with Crippen LogP contribution in [0.15, 0.2) is 18.2 Å². The molecule has 1 aliphatic rings. The molecule has 1 fully saturated rings. The molecule has 1 saturated carbocycles. The highest BCUT2D eigenvalue weighted by molar-refractivity contribution is 5.52. The van der Waals surface area contributed by atoms with Crippen LogP contribution in [0.4, 0.5) is 5.69 Å². The van der Waals surface area contributed by atoms with E-state index < -0.39 is 16.4 Å². The van der Waals surface area contributed by atoms with Gasteiger partial charge in [-0.15, -0.1) is 0 Å². The monoisotopic (exact) mass is 237 g/mol. The number of ether oxygens (including phenoxy) is 1. The number of methoxy groups -OCH3 is 1. The predicted octanol–water partition coefficient (Wildman–Crippen LogP) is 2.02. The SMILES string of the molecule is COc1ccc(C2(C(C)O)CC2)c([N+](=O)[O-])c1. The van der Waals surface area contributed by atoms with Gasteiger partial charge in [0.05, 0.1) is 24.2 Å². The Morgan fingerprint density at radius 1 is 1.53 bits per heavy atom. The lowest BCUT2D eigenvalue weighted by Crippen LogP contribution is -2.23. The van der Waals surface area contributed by atoms with Gasteiger partial charge < -0.3 is 9.84 Å². The Hall–Kier alpha value is -1.62. The summed E-state index contributed by atoms with van der Waals surface area (Å²) in [5, 5.41) is 20.8. The first-order chi connectivity index (χ1) is 8.01. The highest BCUT2D eigenvalue weighted by Crippen LogP contribution is 2.54. The molecule has 1 aromatic rings. The Bertz CT molecular complexity index is 452. The summed E-state index contributed by atoms with van der Waals surface area (Å²) in [7, 11) is 1.47. The van der Waals surface area contributed by atoms with Gasteiger partial charge in [0, 0.05) is 11.0 Å². The molecule has 0 radical (unpaired) electrons. The van der Waals surface area contributed by atoms with Crippen LogP contribution in [0.25, 0.3) is 0 Å². The van der Waals surface area contributed by atoms with Gasteiger partial charge >= 0.3 is 0 Å². The van der Waals surface area contributed by atoms with Gasteiger partial charge in [-0.3, -0.25) is 10.1 Å². The van der Waals surface area contributed by atoms with E-state index in [2.05, 4.69) is 0 Å². The highest BCUT2D eigenvalue weighted by atomic mass is 16.6. The fourth-order valence-corrected chi connectivity index (χ4v) is 2.26. The molecule has 5 nitrogen and oxygen atoms in total. The average Bonchev–Trinajstić information content (AvgIpc) is 3.09. The van der Waals surface area contributed by atoms with Crippen LogP contribution in [0.5, 0.6) is 5.75 Å². The molecule has 0 spiro atoms. The smallest absolute Gasteiger partial charge is 0.276 e. The van der Waals surface area contributed by atoms with Crippen LogP contribution in [0, 0.1) is 10.1 Å². The van der Waals surface area contributed by atoms with E-state index in [1.54, 1.807) is 19.1 Å². The first-order valence-electron chi connectivity index (χ1n) is 5.52. The van der Waals surface area contributed by atoms with E-state index in [4.69, 9.17) is 4.74 Å². The van der Waals surface area contributed by atoms with Crippen molar-refractivity contribution in [1.29, 1.82) is 0 Å². The summed E-state index contributed by atoms with van der Waals surface area (Å²) in [5.41, 5.74) is 0.204. The van der Waals surface area contributed by atoms with Crippen molar-refractivity contribution in [2.75, 3.05) is 7.11 Å². The number of nitro benzene ring substituents is 1. The largest absolute Gasteiger partial charge is 0.497 e. The molecular weight excluding hydrogens is 222 g/mol. The second-order valence-electron chi connectivity index (χ2n) is 4.47. The summed E-state index contributed by atoms with van der Waals surface area (Å²) in [6, 6.07) is 4.80. The fourth-order valence-electron chi connectivity index (χ4n) is 2.26. The van der Waals surface area contributed by atoms with Crippen LogP contribution >= 0.6 is 0 Å². The van der Waals surface area contributed by atoms with Crippen molar-refractivity contribution in [3.05, 3.63) is 33.9 Å². The lowest BCUT2D eigenvalue weighted by Gasteiger charge is -2.19. The van der Waals surface area contributed by atoms with Gasteiger partial charge in [-0.2, -0.15) is 0 Å². The van der Waals surface area contributed by atoms with E-state index in [-0.39, 0.29) is 5.69 Å². The number of nitro groups is 1. The minimum absolute atomic E-state index is 0.0303. The van der Waals surface area contributed by atoms with Gasteiger partial charge in [0.1, 0.15) is 5.75 Å². The first-order valence-corrected chi connectivity index (χ1v) is 5.52. The number of aliphatic hydroxyl groups is 1. The number of benzene rings is 1. The Labute approximate surface area is 99.2 Å². The van der Waals surface area contributed by atoms with Crippen molar-refractivity contribution >= 4 is 5.69 Å². The van der Waals surface area contributed by atoms with Gasteiger partial charge in [0.25, 0.3) is 5.69 Å². The zero-order valence-electron chi connectivity index (χ0n) is 9.84. The van der Waals surface area contributed by atoms with E-state index >= 15 is 0 Å². The van der Waals surface area contributed by atoms with Gasteiger partial charge in [-0.05, 0) is 31.9 Å². The Morgan fingerprint density at radius 3 is 2.59 bits per heavy atom. The second kappa shape index (κ2) is 4.00. The molecule has 0 bridgehead atoms. The predicted molar refractivity (Wildman–Crippen MR) is 62.2 cm³/mol. The summed E-state index contributed by atoms with van der Waals surface area (Å²) < 4.78 is 4.99. The topological polar surface area (TPSA) is 72.6 Å². The molecule has 0 heterocycles. The maximum Gasteiger partial charge on any atom is 0.276 e. The quantitative estimate of drug-likeness (QED) is 0.642. The number of rotatable bonds is 4. The van der Waals surface area contributed by atoms with Gasteiger partial charge in [-0.1, -0.05) is 0 Å². The van der Waals surface area contributed by atoms with E-state index in [0.29, 0.717) is 11.3 Å². The van der Waals surface area contributed by atoms with E-state index in [9.17, 15) is 15.2 Å². The second-order valence-corrected chi connectivity index (χ2v) is 4.47. The fraction of sp³-hybridized carbons (Fsp3) is 0.500. The number of aliphatic hydroxyl groups excluding tert-OH is 1. The minimum atomic E-state index is -0.574. The molecule has 1 aliphatic carbocycles. The third kappa shape index (κ3) is 1.86. The molecule has 1 unspecified atom stereocenters. The van der Waals surface area contributed by atoms with Crippen LogP contribution < -0.4 is 4.74 Å². The van der Waals surface area contributed by atoms with Crippen molar-refractivity contribution in [1.82, 2.24) is 0 Å². The molecule has 0 aliphatic heterocycles. The molecule has 1 atom stereocenters. The van der Waals surface area contributed by atoms with Crippen LogP contribution in [-0.2, 0) is 5.41 Å². The standard InChI is InChI=1S/C12H15NO4/c1-8(14)12(5-6-12)10-4-3-9(17-2)7-11(10)13(15)16/h3-4,7-8,14H,5-6H2,1-2H3. The van der Waals surface area contributed by atoms with E-state index in [0.717, 1.165) is 12.8 Å². The van der Waals surface area contributed by atoms with Crippen LogP contribution in [-0.4, -0.2) is 23.2 Å². The lowest BCUT2D eigenvalue weighted by molar-refractivity contribution is -0.386. The molecule has 1 aromatic carbocycles. The number of nitrogens with zero attached hydrogens (tertiary/aromatic N) is 1. The molecule has 2 rings (SSSR count). The normalized spacial score (nSPS) is 18.5. The maximum absolute atomic E-state index is 11.1.